The SMILES string of the molecule is C=CCn1c(=O)c2cnc(Nc3ccc(C4CCC(N(C)C)CC4)cn3)nc2n1-c1cccc(C(C)(C)C)n1.C=CCn1c(=O)c2cnc(Nc3ccc(C4CCC(N(C)C)CC4)cn3)nc2n1-c1cccc(C(C)(C)O)n1.C=CCn1c(=O)c2cnc(Nc3ccc(C4CCC(N5CCC5)CC4)cc3)nc2n1-c1cccc(C2(O)CCC2)n1. The zero-order valence-electron chi connectivity index (χ0n) is 69.9. The summed E-state index contributed by atoms with van der Waals surface area (Å²) in [5, 5.41) is 32.3. The Hall–Kier alpha value is -11.6. The number of aliphatic hydroxyl groups is 2. The molecular weight excluding hydrogens is 1500 g/mol. The molecule has 12 heterocycles. The van der Waals surface area contributed by atoms with Gasteiger partial charge in [-0.25, -0.2) is 68.0 Å². The van der Waals surface area contributed by atoms with Crippen LogP contribution in [0.3, 0.4) is 0 Å². The molecule has 1 saturated heterocycles. The first-order chi connectivity index (χ1) is 57.3. The molecule has 4 aliphatic carbocycles. The molecular formula is C91H111N23O5. The lowest BCUT2D eigenvalue weighted by Gasteiger charge is -2.42. The minimum absolute atomic E-state index is 0.145. The molecule has 5 N–H and O–H groups in total. The van der Waals surface area contributed by atoms with Crippen LogP contribution in [-0.4, -0.2) is 167 Å². The molecule has 1 aromatic carbocycles. The summed E-state index contributed by atoms with van der Waals surface area (Å²) in [7, 11) is 8.65. The van der Waals surface area contributed by atoms with Gasteiger partial charge in [0.05, 0.1) is 31.0 Å². The van der Waals surface area contributed by atoms with Crippen molar-refractivity contribution in [3.8, 4) is 17.5 Å². The Morgan fingerprint density at radius 1 is 0.454 bits per heavy atom. The number of nitrogens with one attached hydrogen (secondary N) is 3. The van der Waals surface area contributed by atoms with Crippen molar-refractivity contribution in [1.82, 2.24) is 97.6 Å². The lowest BCUT2D eigenvalue weighted by Crippen LogP contribution is -2.46. The van der Waals surface area contributed by atoms with Crippen LogP contribution in [-0.2, 0) is 36.3 Å². The summed E-state index contributed by atoms with van der Waals surface area (Å²) >= 11 is 0. The monoisotopic (exact) mass is 1610 g/mol. The third kappa shape index (κ3) is 17.9. The van der Waals surface area contributed by atoms with Gasteiger partial charge in [-0.1, -0.05) is 81.5 Å². The Kier molecular flexibility index (Phi) is 24.4. The van der Waals surface area contributed by atoms with Crippen LogP contribution in [0.1, 0.15) is 189 Å². The molecule has 0 amide bonds. The van der Waals surface area contributed by atoms with E-state index in [4.69, 9.17) is 19.9 Å². The molecule has 28 heteroatoms. The van der Waals surface area contributed by atoms with E-state index in [1.165, 1.54) is 124 Å². The summed E-state index contributed by atoms with van der Waals surface area (Å²) in [5.41, 5.74) is 5.30. The third-order valence-corrected chi connectivity index (χ3v) is 24.4. The molecule has 28 nitrogen and oxygen atoms in total. The van der Waals surface area contributed by atoms with Gasteiger partial charge in [-0.05, 0) is 253 Å². The average molecular weight is 1610 g/mol. The topological polar surface area (TPSA) is 309 Å². The molecule has 5 aliphatic rings. The van der Waals surface area contributed by atoms with E-state index in [0.717, 1.165) is 23.8 Å². The fourth-order valence-corrected chi connectivity index (χ4v) is 17.2. The van der Waals surface area contributed by atoms with Crippen LogP contribution in [0.2, 0.25) is 0 Å². The summed E-state index contributed by atoms with van der Waals surface area (Å²) in [5.74, 6) is 5.67. The van der Waals surface area contributed by atoms with Crippen LogP contribution in [0.15, 0.2) is 186 Å². The number of pyridine rings is 5. The number of aromatic nitrogens is 17. The van der Waals surface area contributed by atoms with Crippen LogP contribution in [0.25, 0.3) is 50.6 Å². The Balaban J connectivity index is 0.000000139. The predicted molar refractivity (Wildman–Crippen MR) is 468 cm³/mol. The van der Waals surface area contributed by atoms with E-state index in [0.29, 0.717) is 141 Å². The van der Waals surface area contributed by atoms with Crippen molar-refractivity contribution in [1.29, 1.82) is 0 Å². The second-order valence-electron chi connectivity index (χ2n) is 34.4. The summed E-state index contributed by atoms with van der Waals surface area (Å²) in [6.45, 7) is 24.6. The second-order valence-corrected chi connectivity index (χ2v) is 34.4. The molecule has 0 radical (unpaired) electrons. The molecule has 0 atom stereocenters. The first-order valence-electron chi connectivity index (χ1n) is 41.9. The smallest absolute Gasteiger partial charge is 0.278 e. The second kappa shape index (κ2) is 35.2. The Bertz CT molecular complexity index is 5560. The van der Waals surface area contributed by atoms with Gasteiger partial charge in [0.2, 0.25) is 17.8 Å². The largest absolute Gasteiger partial charge is 0.384 e. The molecule has 0 unspecified atom stereocenters. The number of hydrogen-bond donors (Lipinski definition) is 5. The number of fused-ring (bicyclic) bond motifs is 3. The molecule has 5 fully saturated rings. The summed E-state index contributed by atoms with van der Waals surface area (Å²) in [4.78, 5) is 98.1. The lowest BCUT2D eigenvalue weighted by molar-refractivity contribution is -0.0426. The van der Waals surface area contributed by atoms with Crippen molar-refractivity contribution in [2.24, 2.45) is 0 Å². The molecule has 119 heavy (non-hydrogen) atoms. The van der Waals surface area contributed by atoms with Gasteiger partial charge in [-0.15, -0.1) is 19.7 Å². The van der Waals surface area contributed by atoms with Crippen LogP contribution in [0, 0.1) is 0 Å². The first-order valence-corrected chi connectivity index (χ1v) is 41.9. The number of nitrogens with zero attached hydrogens (tertiary/aromatic N) is 20. The van der Waals surface area contributed by atoms with Crippen molar-refractivity contribution in [3.05, 3.63) is 237 Å². The first kappa shape index (κ1) is 82.5. The highest BCUT2D eigenvalue weighted by molar-refractivity contribution is 5.79. The zero-order chi connectivity index (χ0) is 83.4. The maximum absolute atomic E-state index is 13.3. The van der Waals surface area contributed by atoms with Crippen molar-refractivity contribution in [2.75, 3.05) is 57.2 Å². The number of benzene rings is 1. The van der Waals surface area contributed by atoms with Crippen molar-refractivity contribution in [3.63, 3.8) is 0 Å². The molecule has 17 rings (SSSR count). The maximum Gasteiger partial charge on any atom is 0.278 e. The van der Waals surface area contributed by atoms with Crippen LogP contribution in [0.5, 0.6) is 0 Å². The lowest BCUT2D eigenvalue weighted by atomic mass is 9.77. The molecule has 12 aromatic rings. The standard InChI is InChI=1S/C32H37N7O2.C30H38N8O.C29H36N8O2/c1-2-18-38-30(40)26-21-33-31(36-29(26)39(38)28-7-3-6-27(35-28)32(41)16-4-17-32)34-24-12-8-22(9-13-24)23-10-14-25(15-11-23)37-19-5-20-37;1-7-17-37-28(39)23-19-32-29(35-27(23)38(37)26-10-8-9-24(33-26)30(2,3)4)34-25-16-13-21(18-31-25)20-11-14-22(15-12-20)36(5)6;1-6-16-36-27(38)22-18-31-28(34-26(22)37(36)25-9-7-8-23(32-25)29(2,3)39)33-24-15-12-20(17-30-24)19-10-13-21(14-11-19)35(4)5/h2-3,6-9,12-13,21,23,25,41H,1,4-5,10-11,14-20H2,(H,33,34,36);7-10,13,16,18-20,22H,1,11-12,14-15,17H2,2-6H3,(H,31,32,34,35);6-9,12,15,17-19,21,39H,1,10-11,13-14,16H2,2-5H3,(H,30,31,33,34). The van der Waals surface area contributed by atoms with Gasteiger partial charge < -0.3 is 40.9 Å². The van der Waals surface area contributed by atoms with E-state index in [-0.39, 0.29) is 35.2 Å². The molecule has 4 saturated carbocycles. The highest BCUT2D eigenvalue weighted by atomic mass is 16.3. The number of likely N-dealkylation sites (tertiary alicyclic amines) is 1. The third-order valence-electron chi connectivity index (χ3n) is 24.4. The molecule has 1 aliphatic heterocycles. The van der Waals surface area contributed by atoms with Gasteiger partial charge in [0.15, 0.2) is 34.4 Å². The van der Waals surface area contributed by atoms with Gasteiger partial charge in [-0.3, -0.25) is 14.4 Å². The average Bonchev–Trinajstić information content (AvgIpc) is 1.61. The minimum atomic E-state index is -1.15. The molecule has 0 spiro atoms. The van der Waals surface area contributed by atoms with E-state index < -0.39 is 11.2 Å². The highest BCUT2D eigenvalue weighted by Gasteiger charge is 2.39. The van der Waals surface area contributed by atoms with E-state index in [9.17, 15) is 24.6 Å². The van der Waals surface area contributed by atoms with E-state index in [1.54, 1.807) is 86.1 Å². The van der Waals surface area contributed by atoms with Crippen LogP contribution >= 0.6 is 0 Å². The normalized spacial score (nSPS) is 19.4. The fourth-order valence-electron chi connectivity index (χ4n) is 17.2. The van der Waals surface area contributed by atoms with E-state index in [1.807, 2.05) is 60.9 Å². The molecule has 11 aromatic heterocycles. The van der Waals surface area contributed by atoms with Crippen molar-refractivity contribution >= 4 is 68.3 Å². The quantitative estimate of drug-likeness (QED) is 0.0372. The highest BCUT2D eigenvalue weighted by Crippen LogP contribution is 2.42. The fraction of sp³-hybridized carbons (Fsp3) is 0.429. The number of allylic oxidation sites excluding steroid dienone is 3. The van der Waals surface area contributed by atoms with E-state index >= 15 is 0 Å². The molecule has 0 bridgehead atoms. The van der Waals surface area contributed by atoms with Gasteiger partial charge in [0, 0.05) is 65.9 Å². The van der Waals surface area contributed by atoms with Crippen molar-refractivity contribution in [2.45, 2.75) is 209 Å². The summed E-state index contributed by atoms with van der Waals surface area (Å²) < 4.78 is 9.74. The zero-order valence-corrected chi connectivity index (χ0v) is 69.9. The van der Waals surface area contributed by atoms with Gasteiger partial charge >= 0.3 is 0 Å². The van der Waals surface area contributed by atoms with E-state index in [2.05, 4.69) is 171 Å². The Morgan fingerprint density at radius 2 is 0.849 bits per heavy atom. The van der Waals surface area contributed by atoms with Gasteiger partial charge in [-0.2, -0.15) is 15.0 Å². The summed E-state index contributed by atoms with van der Waals surface area (Å²) in [6.07, 6.45) is 31.9. The van der Waals surface area contributed by atoms with Gasteiger partial charge in [0.25, 0.3) is 16.7 Å². The summed E-state index contributed by atoms with van der Waals surface area (Å²) in [6, 6.07) is 35.6. The van der Waals surface area contributed by atoms with Crippen molar-refractivity contribution < 1.29 is 10.2 Å². The maximum atomic E-state index is 13.3. The Morgan fingerprint density at radius 3 is 1.23 bits per heavy atom. The number of rotatable bonds is 23. The number of hydrogen-bond acceptors (Lipinski definition) is 22. The molecule has 620 valence electrons. The minimum Gasteiger partial charge on any atom is -0.384 e. The van der Waals surface area contributed by atoms with Crippen LogP contribution in [0.4, 0.5) is 35.2 Å². The van der Waals surface area contributed by atoms with Gasteiger partial charge in [0.1, 0.15) is 39.0 Å². The Labute approximate surface area is 693 Å². The predicted octanol–water partition coefficient (Wildman–Crippen LogP) is 14.3. The van der Waals surface area contributed by atoms with Crippen LogP contribution < -0.4 is 32.6 Å². The number of anilines is 6.